The number of ketones is 1. The molecular weight excluding hydrogens is 220 g/mol. The first-order valence-electron chi connectivity index (χ1n) is 5.40. The number of carbonyl (C=O) groups excluding carboxylic acids is 1. The molecule has 16 heavy (non-hydrogen) atoms. The second-order valence-electron chi connectivity index (χ2n) is 4.00. The molecule has 0 aromatic heterocycles. The van der Waals surface area contributed by atoms with Crippen LogP contribution in [0.2, 0.25) is 0 Å². The SMILES string of the molecule is Cc1ccc(SCC(=O)COC(C)C)cc1. The summed E-state index contributed by atoms with van der Waals surface area (Å²) in [7, 11) is 0. The lowest BCUT2D eigenvalue weighted by Gasteiger charge is -2.06. The molecule has 0 saturated carbocycles. The van der Waals surface area contributed by atoms with Crippen molar-refractivity contribution in [3.8, 4) is 0 Å². The van der Waals surface area contributed by atoms with Gasteiger partial charge in [0.05, 0.1) is 11.9 Å². The van der Waals surface area contributed by atoms with Gasteiger partial charge in [0.15, 0.2) is 5.78 Å². The van der Waals surface area contributed by atoms with Crippen molar-refractivity contribution in [2.24, 2.45) is 0 Å². The third-order valence-corrected chi connectivity index (χ3v) is 3.07. The predicted octanol–water partition coefficient (Wildman–Crippen LogP) is 3.08. The number of ether oxygens (including phenoxy) is 1. The van der Waals surface area contributed by atoms with Gasteiger partial charge < -0.3 is 4.74 Å². The summed E-state index contributed by atoms with van der Waals surface area (Å²) in [5.74, 6) is 0.620. The summed E-state index contributed by atoms with van der Waals surface area (Å²) in [4.78, 5) is 12.6. The molecule has 0 N–H and O–H groups in total. The molecule has 1 aromatic rings. The third-order valence-electron chi connectivity index (χ3n) is 2.00. The van der Waals surface area contributed by atoms with Crippen LogP contribution in [0.1, 0.15) is 19.4 Å². The molecule has 0 unspecified atom stereocenters. The van der Waals surface area contributed by atoms with Gasteiger partial charge in [-0.25, -0.2) is 0 Å². The van der Waals surface area contributed by atoms with Gasteiger partial charge in [0.2, 0.25) is 0 Å². The van der Waals surface area contributed by atoms with Crippen molar-refractivity contribution in [1.82, 2.24) is 0 Å². The Morgan fingerprint density at radius 1 is 1.31 bits per heavy atom. The second-order valence-corrected chi connectivity index (χ2v) is 5.05. The van der Waals surface area contributed by atoms with Gasteiger partial charge in [-0.2, -0.15) is 0 Å². The highest BCUT2D eigenvalue weighted by Gasteiger charge is 2.04. The summed E-state index contributed by atoms with van der Waals surface area (Å²) in [5.41, 5.74) is 1.24. The highest BCUT2D eigenvalue weighted by molar-refractivity contribution is 8.00. The molecule has 3 heteroatoms. The van der Waals surface area contributed by atoms with Crippen molar-refractivity contribution in [2.75, 3.05) is 12.4 Å². The fourth-order valence-electron chi connectivity index (χ4n) is 1.10. The summed E-state index contributed by atoms with van der Waals surface area (Å²) < 4.78 is 5.25. The summed E-state index contributed by atoms with van der Waals surface area (Å²) in [6.07, 6.45) is 0.119. The van der Waals surface area contributed by atoms with Crippen LogP contribution in [0.15, 0.2) is 29.2 Å². The molecule has 88 valence electrons. The maximum absolute atomic E-state index is 11.4. The molecule has 0 radical (unpaired) electrons. The van der Waals surface area contributed by atoms with E-state index in [4.69, 9.17) is 4.74 Å². The number of carbonyl (C=O) groups is 1. The first kappa shape index (κ1) is 13.3. The van der Waals surface area contributed by atoms with Crippen LogP contribution in [0.5, 0.6) is 0 Å². The molecule has 2 nitrogen and oxygen atoms in total. The average molecular weight is 238 g/mol. The van der Waals surface area contributed by atoms with E-state index in [1.165, 1.54) is 5.56 Å². The van der Waals surface area contributed by atoms with Gasteiger partial charge in [-0.3, -0.25) is 4.79 Å². The van der Waals surface area contributed by atoms with E-state index in [9.17, 15) is 4.79 Å². The van der Waals surface area contributed by atoms with Crippen LogP contribution < -0.4 is 0 Å². The molecule has 0 bridgehead atoms. The zero-order valence-corrected chi connectivity index (χ0v) is 10.8. The Labute approximate surface area is 101 Å². The minimum atomic E-state index is 0.119. The molecule has 0 aliphatic carbocycles. The Balaban J connectivity index is 2.29. The van der Waals surface area contributed by atoms with E-state index in [0.29, 0.717) is 5.75 Å². The second kappa shape index (κ2) is 6.71. The van der Waals surface area contributed by atoms with E-state index in [1.807, 2.05) is 26.0 Å². The molecule has 0 spiro atoms. The van der Waals surface area contributed by atoms with Gasteiger partial charge in [0.25, 0.3) is 0 Å². The number of hydrogen-bond donors (Lipinski definition) is 0. The Morgan fingerprint density at radius 2 is 1.94 bits per heavy atom. The van der Waals surface area contributed by atoms with Crippen molar-refractivity contribution >= 4 is 17.5 Å². The molecule has 0 atom stereocenters. The van der Waals surface area contributed by atoms with E-state index in [0.717, 1.165) is 4.90 Å². The molecule has 1 aromatic carbocycles. The van der Waals surface area contributed by atoms with Crippen LogP contribution in [0, 0.1) is 6.92 Å². The summed E-state index contributed by atoms with van der Waals surface area (Å²) in [6.45, 7) is 6.13. The summed E-state index contributed by atoms with van der Waals surface area (Å²) >= 11 is 1.56. The van der Waals surface area contributed by atoms with E-state index < -0.39 is 0 Å². The normalized spacial score (nSPS) is 10.8. The van der Waals surface area contributed by atoms with Gasteiger partial charge in [-0.05, 0) is 32.9 Å². The van der Waals surface area contributed by atoms with Crippen LogP contribution in [0.3, 0.4) is 0 Å². The predicted molar refractivity (Wildman–Crippen MR) is 68.0 cm³/mol. The van der Waals surface area contributed by atoms with Gasteiger partial charge in [-0.1, -0.05) is 17.7 Å². The molecule has 0 aliphatic heterocycles. The fourth-order valence-corrected chi connectivity index (χ4v) is 1.84. The number of hydrogen-bond acceptors (Lipinski definition) is 3. The van der Waals surface area contributed by atoms with Crippen molar-refractivity contribution < 1.29 is 9.53 Å². The van der Waals surface area contributed by atoms with E-state index in [-0.39, 0.29) is 18.5 Å². The highest BCUT2D eigenvalue weighted by atomic mass is 32.2. The van der Waals surface area contributed by atoms with Crippen LogP contribution in [0.25, 0.3) is 0 Å². The first-order chi connectivity index (χ1) is 7.58. The fraction of sp³-hybridized carbons (Fsp3) is 0.462. The number of benzene rings is 1. The van der Waals surface area contributed by atoms with Gasteiger partial charge in [0, 0.05) is 4.90 Å². The summed E-state index contributed by atoms with van der Waals surface area (Å²) in [6, 6.07) is 8.18. The van der Waals surface area contributed by atoms with Crippen LogP contribution in [-0.2, 0) is 9.53 Å². The van der Waals surface area contributed by atoms with E-state index >= 15 is 0 Å². The smallest absolute Gasteiger partial charge is 0.168 e. The quantitative estimate of drug-likeness (QED) is 0.712. The molecular formula is C13H18O2S. The van der Waals surface area contributed by atoms with Crippen molar-refractivity contribution in [2.45, 2.75) is 31.8 Å². The Morgan fingerprint density at radius 3 is 2.50 bits per heavy atom. The molecule has 0 fully saturated rings. The first-order valence-corrected chi connectivity index (χ1v) is 6.39. The molecule has 0 saturated heterocycles. The molecule has 0 amide bonds. The number of rotatable bonds is 6. The maximum atomic E-state index is 11.4. The molecule has 0 aliphatic rings. The minimum Gasteiger partial charge on any atom is -0.371 e. The third kappa shape index (κ3) is 5.33. The lowest BCUT2D eigenvalue weighted by Crippen LogP contribution is -2.14. The van der Waals surface area contributed by atoms with Crippen molar-refractivity contribution in [3.05, 3.63) is 29.8 Å². The minimum absolute atomic E-state index is 0.119. The maximum Gasteiger partial charge on any atom is 0.168 e. The monoisotopic (exact) mass is 238 g/mol. The van der Waals surface area contributed by atoms with Gasteiger partial charge in [0.1, 0.15) is 6.61 Å². The van der Waals surface area contributed by atoms with Gasteiger partial charge in [-0.15, -0.1) is 11.8 Å². The number of thioether (sulfide) groups is 1. The van der Waals surface area contributed by atoms with Gasteiger partial charge >= 0.3 is 0 Å². The standard InChI is InChI=1S/C13H18O2S/c1-10(2)15-8-12(14)9-16-13-6-4-11(3)5-7-13/h4-7,10H,8-9H2,1-3H3. The topological polar surface area (TPSA) is 26.3 Å². The molecule has 0 heterocycles. The zero-order valence-electron chi connectivity index (χ0n) is 10.0. The summed E-state index contributed by atoms with van der Waals surface area (Å²) in [5, 5.41) is 0. The lowest BCUT2D eigenvalue weighted by molar-refractivity contribution is -0.122. The van der Waals surface area contributed by atoms with Crippen LogP contribution >= 0.6 is 11.8 Å². The van der Waals surface area contributed by atoms with Crippen molar-refractivity contribution in [1.29, 1.82) is 0 Å². The van der Waals surface area contributed by atoms with E-state index in [1.54, 1.807) is 11.8 Å². The largest absolute Gasteiger partial charge is 0.371 e. The Kier molecular flexibility index (Phi) is 5.56. The highest BCUT2D eigenvalue weighted by Crippen LogP contribution is 2.18. The Hall–Kier alpha value is -0.800. The number of aryl methyl sites for hydroxylation is 1. The van der Waals surface area contributed by atoms with Crippen LogP contribution in [-0.4, -0.2) is 24.2 Å². The van der Waals surface area contributed by atoms with E-state index in [2.05, 4.69) is 19.1 Å². The Bertz CT molecular complexity index is 330. The zero-order chi connectivity index (χ0) is 12.0. The van der Waals surface area contributed by atoms with Crippen molar-refractivity contribution in [3.63, 3.8) is 0 Å². The van der Waals surface area contributed by atoms with Crippen LogP contribution in [0.4, 0.5) is 0 Å². The molecule has 1 rings (SSSR count). The average Bonchev–Trinajstić information content (AvgIpc) is 2.25. The number of Topliss-reactive ketones (excluding diaryl/α,β-unsaturated/α-hetero) is 1. The lowest BCUT2D eigenvalue weighted by atomic mass is 10.2.